The van der Waals surface area contributed by atoms with Gasteiger partial charge in [-0.2, -0.15) is 13.2 Å². The normalized spacial score (nSPS) is 17.9. The first kappa shape index (κ1) is 21.2. The van der Waals surface area contributed by atoms with E-state index in [0.29, 0.717) is 12.0 Å². The van der Waals surface area contributed by atoms with Gasteiger partial charge in [-0.3, -0.25) is 4.79 Å². The summed E-state index contributed by atoms with van der Waals surface area (Å²) >= 11 is 0. The maximum absolute atomic E-state index is 12.6. The van der Waals surface area contributed by atoms with Crippen molar-refractivity contribution < 1.29 is 22.7 Å². The van der Waals surface area contributed by atoms with Gasteiger partial charge in [0.2, 0.25) is 0 Å². The van der Waals surface area contributed by atoms with Gasteiger partial charge in [-0.05, 0) is 25.8 Å². The minimum atomic E-state index is -4.93. The molecule has 1 aromatic carbocycles. The summed E-state index contributed by atoms with van der Waals surface area (Å²) in [5, 5.41) is 2.01. The number of nitrogens with one attached hydrogen (secondary N) is 1. The van der Waals surface area contributed by atoms with Gasteiger partial charge in [-0.25, -0.2) is 0 Å². The van der Waals surface area contributed by atoms with Gasteiger partial charge in [0.1, 0.15) is 6.10 Å². The van der Waals surface area contributed by atoms with Crippen LogP contribution in [-0.2, 0) is 9.53 Å². The van der Waals surface area contributed by atoms with Gasteiger partial charge in [0.15, 0.2) is 0 Å². The SMILES string of the molecule is C=C[C@@H](C)[C@@](C)(CC)O[C@@H](c1ccccc1)[C@H](C)NC(=O)C(F)(F)F. The van der Waals surface area contributed by atoms with E-state index in [1.165, 1.54) is 6.92 Å². The van der Waals surface area contributed by atoms with Crippen molar-refractivity contribution in [1.29, 1.82) is 0 Å². The molecule has 0 heterocycles. The van der Waals surface area contributed by atoms with Gasteiger partial charge >= 0.3 is 12.1 Å². The smallest absolute Gasteiger partial charge is 0.365 e. The predicted molar refractivity (Wildman–Crippen MR) is 92.0 cm³/mol. The van der Waals surface area contributed by atoms with Crippen molar-refractivity contribution in [3.63, 3.8) is 0 Å². The van der Waals surface area contributed by atoms with E-state index in [-0.39, 0.29) is 5.92 Å². The lowest BCUT2D eigenvalue weighted by atomic mass is 9.87. The zero-order chi connectivity index (χ0) is 19.3. The van der Waals surface area contributed by atoms with Crippen LogP contribution < -0.4 is 5.32 Å². The van der Waals surface area contributed by atoms with Crippen molar-refractivity contribution in [3.8, 4) is 0 Å². The molecule has 3 nitrogen and oxygen atoms in total. The summed E-state index contributed by atoms with van der Waals surface area (Å²) in [5.41, 5.74) is 0.0767. The number of hydrogen-bond acceptors (Lipinski definition) is 2. The van der Waals surface area contributed by atoms with Crippen molar-refractivity contribution in [3.05, 3.63) is 48.6 Å². The highest BCUT2D eigenvalue weighted by atomic mass is 19.4. The third-order valence-electron chi connectivity index (χ3n) is 4.61. The van der Waals surface area contributed by atoms with Crippen LogP contribution in [0, 0.1) is 5.92 Å². The van der Waals surface area contributed by atoms with Crippen LogP contribution in [0.25, 0.3) is 0 Å². The van der Waals surface area contributed by atoms with Crippen molar-refractivity contribution in [2.45, 2.75) is 58.0 Å². The Hall–Kier alpha value is -1.82. The topological polar surface area (TPSA) is 38.3 Å². The second-order valence-electron chi connectivity index (χ2n) is 6.40. The van der Waals surface area contributed by atoms with Crippen LogP contribution in [0.5, 0.6) is 0 Å². The van der Waals surface area contributed by atoms with Gasteiger partial charge in [0, 0.05) is 5.92 Å². The zero-order valence-electron chi connectivity index (χ0n) is 15.1. The molecule has 0 bridgehead atoms. The number of carbonyl (C=O) groups is 1. The third-order valence-corrected chi connectivity index (χ3v) is 4.61. The minimum Gasteiger partial charge on any atom is -0.365 e. The van der Waals surface area contributed by atoms with Crippen LogP contribution in [-0.4, -0.2) is 23.7 Å². The highest BCUT2D eigenvalue weighted by Gasteiger charge is 2.41. The molecule has 0 fully saturated rings. The first-order valence-electron chi connectivity index (χ1n) is 8.28. The molecular weight excluding hydrogens is 331 g/mol. The summed E-state index contributed by atoms with van der Waals surface area (Å²) in [6.07, 6.45) is -3.26. The molecule has 0 aliphatic carbocycles. The molecule has 1 aromatic rings. The number of benzene rings is 1. The molecule has 1 N–H and O–H groups in total. The highest BCUT2D eigenvalue weighted by molar-refractivity contribution is 5.82. The van der Waals surface area contributed by atoms with Gasteiger partial charge < -0.3 is 10.1 Å². The zero-order valence-corrected chi connectivity index (χ0v) is 15.1. The van der Waals surface area contributed by atoms with E-state index in [9.17, 15) is 18.0 Å². The fraction of sp³-hybridized carbons (Fsp3) is 0.526. The van der Waals surface area contributed by atoms with Gasteiger partial charge in [0.05, 0.1) is 11.6 Å². The van der Waals surface area contributed by atoms with Crippen LogP contribution >= 0.6 is 0 Å². The maximum Gasteiger partial charge on any atom is 0.471 e. The Labute approximate surface area is 147 Å². The van der Waals surface area contributed by atoms with Gasteiger partial charge in [-0.15, -0.1) is 6.58 Å². The highest BCUT2D eigenvalue weighted by Crippen LogP contribution is 2.35. The standard InChI is InChI=1S/C19H26F3NO2/c1-6-13(3)18(5,7-2)25-16(15-11-9-8-10-12-15)14(4)23-17(24)19(20,21)22/h6,8-14,16H,1,7H2,2-5H3,(H,23,24)/t13-,14+,16-,18-/m1/s1. The van der Waals surface area contributed by atoms with Crippen LogP contribution in [0.4, 0.5) is 13.2 Å². The molecule has 6 heteroatoms. The van der Waals surface area contributed by atoms with E-state index < -0.39 is 29.8 Å². The van der Waals surface area contributed by atoms with Crippen molar-refractivity contribution in [2.24, 2.45) is 5.92 Å². The largest absolute Gasteiger partial charge is 0.471 e. The van der Waals surface area contributed by atoms with Crippen LogP contribution in [0.15, 0.2) is 43.0 Å². The summed E-state index contributed by atoms with van der Waals surface area (Å²) in [7, 11) is 0. The molecule has 0 unspecified atom stereocenters. The minimum absolute atomic E-state index is 0.0192. The lowest BCUT2D eigenvalue weighted by Gasteiger charge is -2.39. The quantitative estimate of drug-likeness (QED) is 0.679. The number of carbonyl (C=O) groups excluding carboxylic acids is 1. The van der Waals surface area contributed by atoms with E-state index in [0.717, 1.165) is 0 Å². The summed E-state index contributed by atoms with van der Waals surface area (Å²) in [4.78, 5) is 11.3. The fourth-order valence-corrected chi connectivity index (χ4v) is 2.52. The summed E-state index contributed by atoms with van der Waals surface area (Å²) in [6.45, 7) is 11.1. The number of ether oxygens (including phenoxy) is 1. The van der Waals surface area contributed by atoms with Crippen molar-refractivity contribution >= 4 is 5.91 Å². The van der Waals surface area contributed by atoms with Crippen LogP contribution in [0.1, 0.15) is 45.8 Å². The summed E-state index contributed by atoms with van der Waals surface area (Å²) in [5.74, 6) is -1.99. The molecule has 0 spiro atoms. The second-order valence-corrected chi connectivity index (χ2v) is 6.40. The van der Waals surface area contributed by atoms with E-state index in [1.807, 2.05) is 32.2 Å². The van der Waals surface area contributed by atoms with Crippen LogP contribution in [0.3, 0.4) is 0 Å². The van der Waals surface area contributed by atoms with Gasteiger partial charge in [0.25, 0.3) is 0 Å². The Morgan fingerprint density at radius 1 is 1.28 bits per heavy atom. The number of alkyl halides is 3. The number of rotatable bonds is 8. The maximum atomic E-state index is 12.6. The first-order valence-corrected chi connectivity index (χ1v) is 8.28. The van der Waals surface area contributed by atoms with E-state index in [4.69, 9.17) is 4.74 Å². The summed E-state index contributed by atoms with van der Waals surface area (Å²) in [6, 6.07) is 8.06. The predicted octanol–water partition coefficient (Wildman–Crippen LogP) is 4.80. The van der Waals surface area contributed by atoms with E-state index >= 15 is 0 Å². The average Bonchev–Trinajstić information content (AvgIpc) is 2.58. The molecule has 4 atom stereocenters. The van der Waals surface area contributed by atoms with E-state index in [1.54, 1.807) is 30.3 Å². The Balaban J connectivity index is 3.13. The molecule has 1 amide bonds. The second kappa shape index (κ2) is 8.52. The molecule has 0 saturated heterocycles. The lowest BCUT2D eigenvalue weighted by Crippen LogP contribution is -2.47. The molecule has 25 heavy (non-hydrogen) atoms. The fourth-order valence-electron chi connectivity index (χ4n) is 2.52. The Morgan fingerprint density at radius 2 is 1.84 bits per heavy atom. The molecule has 140 valence electrons. The molecular formula is C19H26F3NO2. The Kier molecular flexibility index (Phi) is 7.23. The molecule has 1 rings (SSSR count). The lowest BCUT2D eigenvalue weighted by molar-refractivity contribution is -0.177. The third kappa shape index (κ3) is 5.59. The number of amides is 1. The number of halogens is 3. The molecule has 0 radical (unpaired) electrons. The molecule has 0 aromatic heterocycles. The van der Waals surface area contributed by atoms with E-state index in [2.05, 4.69) is 6.58 Å². The number of hydrogen-bond donors (Lipinski definition) is 1. The first-order chi connectivity index (χ1) is 11.5. The van der Waals surface area contributed by atoms with Gasteiger partial charge in [-0.1, -0.05) is 50.3 Å². The molecule has 0 aliphatic rings. The van der Waals surface area contributed by atoms with Crippen molar-refractivity contribution in [2.75, 3.05) is 0 Å². The monoisotopic (exact) mass is 357 g/mol. The average molecular weight is 357 g/mol. The molecule has 0 saturated carbocycles. The molecule has 0 aliphatic heterocycles. The summed E-state index contributed by atoms with van der Waals surface area (Å²) < 4.78 is 44.0. The van der Waals surface area contributed by atoms with Crippen LogP contribution in [0.2, 0.25) is 0 Å². The Morgan fingerprint density at radius 3 is 2.28 bits per heavy atom. The van der Waals surface area contributed by atoms with Crippen molar-refractivity contribution in [1.82, 2.24) is 5.32 Å². The Bertz CT molecular complexity index is 574.